The van der Waals surface area contributed by atoms with Crippen LogP contribution in [0.3, 0.4) is 0 Å². The molecule has 0 saturated carbocycles. The molecule has 0 saturated heterocycles. The average molecular weight is 371 g/mol. The Morgan fingerprint density at radius 1 is 1.22 bits per heavy atom. The highest BCUT2D eigenvalue weighted by Gasteiger charge is 2.10. The van der Waals surface area contributed by atoms with Crippen LogP contribution >= 0.6 is 15.9 Å². The summed E-state index contributed by atoms with van der Waals surface area (Å²) in [5.74, 6) is -0.504. The van der Waals surface area contributed by atoms with Gasteiger partial charge in [-0.2, -0.15) is 0 Å². The number of carboxylic acids is 1. The molecule has 0 fully saturated rings. The number of ether oxygens (including phenoxy) is 1. The first kappa shape index (κ1) is 15.5. The van der Waals surface area contributed by atoms with E-state index < -0.39 is 5.97 Å². The van der Waals surface area contributed by atoms with Gasteiger partial charge >= 0.3 is 0 Å². The zero-order valence-corrected chi connectivity index (χ0v) is 14.0. The van der Waals surface area contributed by atoms with Crippen LogP contribution < -0.4 is 9.84 Å². The van der Waals surface area contributed by atoms with Crippen LogP contribution in [0.2, 0.25) is 0 Å². The van der Waals surface area contributed by atoms with Crippen LogP contribution in [0.1, 0.15) is 17.3 Å². The van der Waals surface area contributed by atoms with Crippen LogP contribution in [-0.2, 0) is 0 Å². The zero-order valence-electron chi connectivity index (χ0n) is 12.4. The fourth-order valence-electron chi connectivity index (χ4n) is 2.43. The normalized spacial score (nSPS) is 10.7. The van der Waals surface area contributed by atoms with Crippen molar-refractivity contribution in [2.75, 3.05) is 6.61 Å². The predicted octanol–water partition coefficient (Wildman–Crippen LogP) is 3.43. The number of aromatic carboxylic acids is 1. The Bertz CT molecular complexity index is 893. The van der Waals surface area contributed by atoms with E-state index in [9.17, 15) is 9.90 Å². The van der Waals surface area contributed by atoms with E-state index in [1.165, 1.54) is 6.07 Å². The fraction of sp³-hybridized carbons (Fsp3) is 0.111. The van der Waals surface area contributed by atoms with Gasteiger partial charge in [0.05, 0.1) is 23.8 Å². The number of carbonyl (C=O) groups is 1. The van der Waals surface area contributed by atoms with Crippen LogP contribution in [-0.4, -0.2) is 17.6 Å². The highest BCUT2D eigenvalue weighted by molar-refractivity contribution is 9.10. The van der Waals surface area contributed by atoms with Crippen LogP contribution in [0.4, 0.5) is 0 Å². The van der Waals surface area contributed by atoms with E-state index in [-0.39, 0.29) is 5.56 Å². The lowest BCUT2D eigenvalue weighted by Crippen LogP contribution is -2.22. The molecule has 116 valence electrons. The van der Waals surface area contributed by atoms with Crippen LogP contribution in [0.5, 0.6) is 5.75 Å². The Morgan fingerprint density at radius 3 is 2.78 bits per heavy atom. The van der Waals surface area contributed by atoms with Gasteiger partial charge in [-0.1, -0.05) is 28.1 Å². The molecule has 0 unspecified atom stereocenters. The lowest BCUT2D eigenvalue weighted by atomic mass is 10.0. The zero-order chi connectivity index (χ0) is 16.4. The average Bonchev–Trinajstić information content (AvgIpc) is 2.54. The lowest BCUT2D eigenvalue weighted by molar-refractivity contribution is -0.254. The molecule has 1 aromatic heterocycles. The number of hydrogen-bond donors (Lipinski definition) is 0. The van der Waals surface area contributed by atoms with E-state index in [4.69, 9.17) is 4.74 Å². The van der Waals surface area contributed by atoms with Crippen LogP contribution in [0, 0.1) is 0 Å². The lowest BCUT2D eigenvalue weighted by Gasteiger charge is -2.12. The van der Waals surface area contributed by atoms with E-state index in [2.05, 4.69) is 20.9 Å². The molecule has 3 rings (SSSR count). The Hall–Kier alpha value is -2.40. The molecular weight excluding hydrogens is 358 g/mol. The first-order valence-corrected chi connectivity index (χ1v) is 7.92. The second-order valence-electron chi connectivity index (χ2n) is 4.96. The number of halogens is 1. The van der Waals surface area contributed by atoms with Gasteiger partial charge in [-0.3, -0.25) is 0 Å². The number of carbonyl (C=O) groups excluding carboxylic acids is 1. The maximum absolute atomic E-state index is 11.5. The van der Waals surface area contributed by atoms with Gasteiger partial charge in [0.2, 0.25) is 0 Å². The molecule has 0 spiro atoms. The van der Waals surface area contributed by atoms with Crippen LogP contribution in [0.25, 0.3) is 22.2 Å². The van der Waals surface area contributed by atoms with Crippen molar-refractivity contribution in [1.29, 1.82) is 0 Å². The molecule has 0 atom stereocenters. The molecule has 0 N–H and O–H groups in total. The Labute approximate surface area is 141 Å². The topological polar surface area (TPSA) is 62.2 Å². The second kappa shape index (κ2) is 6.38. The number of benzene rings is 2. The highest BCUT2D eigenvalue weighted by Crippen LogP contribution is 2.28. The minimum atomic E-state index is -1.22. The van der Waals surface area contributed by atoms with Gasteiger partial charge in [-0.15, -0.1) is 0 Å². The minimum Gasteiger partial charge on any atom is -0.545 e. The maximum Gasteiger partial charge on any atom is 0.119 e. The van der Waals surface area contributed by atoms with Gasteiger partial charge in [-0.25, -0.2) is 4.98 Å². The third-order valence-corrected chi connectivity index (χ3v) is 3.92. The summed E-state index contributed by atoms with van der Waals surface area (Å²) in [4.78, 5) is 16.1. The summed E-state index contributed by atoms with van der Waals surface area (Å²) < 4.78 is 6.28. The minimum absolute atomic E-state index is 0.119. The number of nitrogens with zero attached hydrogens (tertiary/aromatic N) is 1. The van der Waals surface area contributed by atoms with Crippen molar-refractivity contribution in [3.63, 3.8) is 0 Å². The van der Waals surface area contributed by atoms with Crippen molar-refractivity contribution in [1.82, 2.24) is 4.98 Å². The van der Waals surface area contributed by atoms with Crippen molar-refractivity contribution < 1.29 is 14.6 Å². The summed E-state index contributed by atoms with van der Waals surface area (Å²) in [6, 6.07) is 14.3. The highest BCUT2D eigenvalue weighted by atomic mass is 79.9. The molecule has 5 heteroatoms. The summed E-state index contributed by atoms with van der Waals surface area (Å²) in [6.07, 6.45) is 0. The van der Waals surface area contributed by atoms with E-state index in [1.54, 1.807) is 12.1 Å². The summed E-state index contributed by atoms with van der Waals surface area (Å²) >= 11 is 3.35. The number of hydrogen-bond acceptors (Lipinski definition) is 4. The monoisotopic (exact) mass is 370 g/mol. The molecule has 1 heterocycles. The maximum atomic E-state index is 11.5. The Morgan fingerprint density at radius 2 is 2.04 bits per heavy atom. The number of rotatable bonds is 4. The quantitative estimate of drug-likeness (QED) is 0.705. The number of aromatic nitrogens is 1. The third-order valence-electron chi connectivity index (χ3n) is 3.43. The van der Waals surface area contributed by atoms with Gasteiger partial charge < -0.3 is 14.6 Å². The third kappa shape index (κ3) is 3.19. The van der Waals surface area contributed by atoms with Gasteiger partial charge in [0.15, 0.2) is 0 Å². The number of fused-ring (bicyclic) bond motifs is 1. The summed E-state index contributed by atoms with van der Waals surface area (Å²) in [6.45, 7) is 2.47. The number of carboxylic acid groups (broad SMARTS) is 1. The molecule has 0 aliphatic heterocycles. The number of pyridine rings is 1. The van der Waals surface area contributed by atoms with E-state index in [0.717, 1.165) is 15.8 Å². The van der Waals surface area contributed by atoms with Crippen molar-refractivity contribution in [2.45, 2.75) is 6.92 Å². The first-order chi connectivity index (χ1) is 11.1. The second-order valence-corrected chi connectivity index (χ2v) is 5.88. The summed E-state index contributed by atoms with van der Waals surface area (Å²) in [5, 5.41) is 12.0. The Kier molecular flexibility index (Phi) is 4.30. The van der Waals surface area contributed by atoms with Crippen molar-refractivity contribution in [3.05, 3.63) is 58.6 Å². The molecule has 2 aromatic carbocycles. The summed E-state index contributed by atoms with van der Waals surface area (Å²) in [5.41, 5.74) is 2.09. The van der Waals surface area contributed by atoms with Gasteiger partial charge in [0.1, 0.15) is 5.75 Å². The largest absolute Gasteiger partial charge is 0.545 e. The summed E-state index contributed by atoms with van der Waals surface area (Å²) in [7, 11) is 0. The van der Waals surface area contributed by atoms with Crippen molar-refractivity contribution in [2.24, 2.45) is 0 Å². The molecule has 23 heavy (non-hydrogen) atoms. The fourth-order valence-corrected chi connectivity index (χ4v) is 2.79. The van der Waals surface area contributed by atoms with Crippen molar-refractivity contribution >= 4 is 32.8 Å². The molecule has 4 nitrogen and oxygen atoms in total. The molecule has 0 bridgehead atoms. The molecular formula is C18H13BrNO3-. The SMILES string of the molecule is CCOc1cccc(-c2cc(C(=O)[O-])c3cc(Br)ccc3n2)c1. The smallest absolute Gasteiger partial charge is 0.119 e. The molecule has 0 amide bonds. The molecule has 0 radical (unpaired) electrons. The predicted molar refractivity (Wildman–Crippen MR) is 90.4 cm³/mol. The molecule has 0 aliphatic carbocycles. The van der Waals surface area contributed by atoms with Gasteiger partial charge in [0, 0.05) is 21.0 Å². The Balaban J connectivity index is 2.20. The van der Waals surface area contributed by atoms with Gasteiger partial charge in [-0.05, 0) is 43.3 Å². The van der Waals surface area contributed by atoms with E-state index in [1.807, 2.05) is 37.3 Å². The molecule has 0 aliphatic rings. The van der Waals surface area contributed by atoms with Gasteiger partial charge in [0.25, 0.3) is 0 Å². The molecule has 3 aromatic rings. The van der Waals surface area contributed by atoms with Crippen molar-refractivity contribution in [3.8, 4) is 17.0 Å². The standard InChI is InChI=1S/C18H14BrNO3/c1-2-23-13-5-3-4-11(8-13)17-10-15(18(21)22)14-9-12(19)6-7-16(14)20-17/h3-10H,2H2,1H3,(H,21,22)/p-1. The first-order valence-electron chi connectivity index (χ1n) is 7.13. The van der Waals surface area contributed by atoms with Crippen LogP contribution in [0.15, 0.2) is 53.0 Å². The van der Waals surface area contributed by atoms with E-state index >= 15 is 0 Å². The van der Waals surface area contributed by atoms with E-state index in [0.29, 0.717) is 23.2 Å².